The summed E-state index contributed by atoms with van der Waals surface area (Å²) in [5.74, 6) is 0. The van der Waals surface area contributed by atoms with Crippen molar-refractivity contribution in [2.24, 2.45) is 0 Å². The largest absolute Gasteiger partial charge is 0.456 e. The van der Waals surface area contributed by atoms with E-state index in [0.29, 0.717) is 5.56 Å². The van der Waals surface area contributed by atoms with Gasteiger partial charge in [-0.25, -0.2) is 0 Å². The van der Waals surface area contributed by atoms with Crippen LogP contribution in [0.1, 0.15) is 5.56 Å². The molecule has 0 saturated carbocycles. The third kappa shape index (κ3) is 4.06. The van der Waals surface area contributed by atoms with Crippen LogP contribution in [-0.2, 0) is 0 Å². The topological polar surface area (TPSA) is 41.9 Å². The number of rotatable bonds is 3. The van der Waals surface area contributed by atoms with Crippen LogP contribution in [0.15, 0.2) is 151 Å². The Balaban J connectivity index is 0.00000141. The van der Waals surface area contributed by atoms with Crippen molar-refractivity contribution < 1.29 is 4.42 Å². The van der Waals surface area contributed by atoms with Gasteiger partial charge in [0.15, 0.2) is 0 Å². The molecule has 8 rings (SSSR count). The fourth-order valence-electron chi connectivity index (χ4n) is 5.91. The number of nitrogens with zero attached hydrogens (tertiary/aromatic N) is 2. The van der Waals surface area contributed by atoms with Crippen molar-refractivity contribution in [3.8, 4) is 34.0 Å². The number of nitriles is 1. The van der Waals surface area contributed by atoms with E-state index in [4.69, 9.17) is 4.42 Å². The zero-order chi connectivity index (χ0) is 28.6. The van der Waals surface area contributed by atoms with Crippen LogP contribution in [0.4, 0.5) is 0 Å². The van der Waals surface area contributed by atoms with Gasteiger partial charge in [-0.15, -0.1) is 13.2 Å². The van der Waals surface area contributed by atoms with E-state index in [2.05, 4.69) is 115 Å². The highest BCUT2D eigenvalue weighted by Crippen LogP contribution is 2.38. The second kappa shape index (κ2) is 10.3. The molecule has 8 aromatic rings. The Bertz CT molecular complexity index is 2300. The maximum atomic E-state index is 9.68. The first kappa shape index (κ1) is 25.1. The molecule has 0 unspecified atom stereocenters. The van der Waals surface area contributed by atoms with Gasteiger partial charge in [-0.1, -0.05) is 72.8 Å². The van der Waals surface area contributed by atoms with E-state index in [9.17, 15) is 5.26 Å². The summed E-state index contributed by atoms with van der Waals surface area (Å²) in [6, 6.07) is 48.5. The second-order valence-electron chi connectivity index (χ2n) is 10.1. The Kier molecular flexibility index (Phi) is 6.15. The van der Waals surface area contributed by atoms with Crippen LogP contribution in [0.2, 0.25) is 0 Å². The maximum absolute atomic E-state index is 9.68. The summed E-state index contributed by atoms with van der Waals surface area (Å²) in [4.78, 5) is 0. The first-order chi connectivity index (χ1) is 20.8. The number of hydrogen-bond acceptors (Lipinski definition) is 2. The molecule has 0 spiro atoms. The predicted octanol–water partition coefficient (Wildman–Crippen LogP) is 10.7. The van der Waals surface area contributed by atoms with E-state index in [-0.39, 0.29) is 0 Å². The zero-order valence-corrected chi connectivity index (χ0v) is 22.9. The van der Waals surface area contributed by atoms with Gasteiger partial charge in [0.25, 0.3) is 0 Å². The van der Waals surface area contributed by atoms with Crippen LogP contribution in [0.25, 0.3) is 71.7 Å². The first-order valence-electron chi connectivity index (χ1n) is 13.8. The standard InChI is InChI=1S/C37H22N2O.C2H4/c38-23-24-13-17-34-32(19-24)33-21-28(27-10-6-9-26(20-27)25-7-2-1-3-8-25)14-18-35(33)39(34)29-15-16-31-30-11-4-5-12-36(30)40-37(31)22-29;1-2/h1-22H;1-2H2. The average molecular weight is 539 g/mol. The third-order valence-electron chi connectivity index (χ3n) is 7.82. The van der Waals surface area contributed by atoms with Crippen LogP contribution in [0.5, 0.6) is 0 Å². The van der Waals surface area contributed by atoms with Gasteiger partial charge in [0, 0.05) is 33.3 Å². The SMILES string of the molecule is C=C.N#Cc1ccc2c(c1)c1cc(-c3cccc(-c4ccccc4)c3)ccc1n2-c1ccc2c(c1)oc1ccccc12. The fraction of sp³-hybridized carbons (Fsp3) is 0. The molecule has 2 heterocycles. The summed E-state index contributed by atoms with van der Waals surface area (Å²) in [5.41, 5.74) is 10.2. The lowest BCUT2D eigenvalue weighted by Gasteiger charge is -2.09. The van der Waals surface area contributed by atoms with Crippen molar-refractivity contribution in [1.82, 2.24) is 4.57 Å². The van der Waals surface area contributed by atoms with Gasteiger partial charge in [-0.2, -0.15) is 5.26 Å². The number of aromatic nitrogens is 1. The molecular formula is C39H26N2O. The zero-order valence-electron chi connectivity index (χ0n) is 22.9. The lowest BCUT2D eigenvalue weighted by molar-refractivity contribution is 0.668. The number of para-hydroxylation sites is 1. The molecule has 2 aromatic heterocycles. The molecule has 0 N–H and O–H groups in total. The number of hydrogen-bond donors (Lipinski definition) is 0. The molecule has 0 aliphatic heterocycles. The molecule has 198 valence electrons. The Morgan fingerprint density at radius 3 is 1.95 bits per heavy atom. The monoisotopic (exact) mass is 538 g/mol. The third-order valence-corrected chi connectivity index (χ3v) is 7.82. The molecular weight excluding hydrogens is 512 g/mol. The Labute approximate surface area is 243 Å². The lowest BCUT2D eigenvalue weighted by Crippen LogP contribution is -1.93. The predicted molar refractivity (Wildman–Crippen MR) is 175 cm³/mol. The van der Waals surface area contributed by atoms with E-state index in [1.165, 1.54) is 11.1 Å². The van der Waals surface area contributed by atoms with E-state index in [0.717, 1.165) is 60.6 Å². The quantitative estimate of drug-likeness (QED) is 0.210. The minimum atomic E-state index is 0.649. The van der Waals surface area contributed by atoms with Crippen molar-refractivity contribution in [2.75, 3.05) is 0 Å². The van der Waals surface area contributed by atoms with Crippen LogP contribution in [0, 0.1) is 11.3 Å². The van der Waals surface area contributed by atoms with Gasteiger partial charge in [-0.3, -0.25) is 0 Å². The molecule has 6 aromatic carbocycles. The van der Waals surface area contributed by atoms with Gasteiger partial charge < -0.3 is 8.98 Å². The van der Waals surface area contributed by atoms with Gasteiger partial charge >= 0.3 is 0 Å². The van der Waals surface area contributed by atoms with Gasteiger partial charge in [0.05, 0.1) is 22.7 Å². The summed E-state index contributed by atoms with van der Waals surface area (Å²) in [7, 11) is 0. The van der Waals surface area contributed by atoms with Crippen molar-refractivity contribution in [3.63, 3.8) is 0 Å². The molecule has 0 fully saturated rings. The minimum absolute atomic E-state index is 0.649. The first-order valence-corrected chi connectivity index (χ1v) is 13.8. The molecule has 0 atom stereocenters. The lowest BCUT2D eigenvalue weighted by atomic mass is 9.98. The smallest absolute Gasteiger partial charge is 0.137 e. The van der Waals surface area contributed by atoms with Crippen LogP contribution < -0.4 is 0 Å². The normalized spacial score (nSPS) is 11.0. The summed E-state index contributed by atoms with van der Waals surface area (Å²) in [5, 5.41) is 14.1. The van der Waals surface area contributed by atoms with E-state index < -0.39 is 0 Å². The maximum Gasteiger partial charge on any atom is 0.137 e. The van der Waals surface area contributed by atoms with E-state index in [1.807, 2.05) is 42.5 Å². The van der Waals surface area contributed by atoms with Crippen molar-refractivity contribution in [1.29, 1.82) is 5.26 Å². The minimum Gasteiger partial charge on any atom is -0.456 e. The summed E-state index contributed by atoms with van der Waals surface area (Å²) in [6.45, 7) is 6.00. The molecule has 0 radical (unpaired) electrons. The van der Waals surface area contributed by atoms with Crippen LogP contribution >= 0.6 is 0 Å². The van der Waals surface area contributed by atoms with Crippen molar-refractivity contribution >= 4 is 43.7 Å². The summed E-state index contributed by atoms with van der Waals surface area (Å²) in [6.07, 6.45) is 0. The summed E-state index contributed by atoms with van der Waals surface area (Å²) < 4.78 is 8.49. The molecule has 0 saturated heterocycles. The van der Waals surface area contributed by atoms with E-state index in [1.54, 1.807) is 0 Å². The molecule has 3 nitrogen and oxygen atoms in total. The average Bonchev–Trinajstić information content (AvgIpc) is 3.60. The van der Waals surface area contributed by atoms with Crippen LogP contribution in [-0.4, -0.2) is 4.57 Å². The number of fused-ring (bicyclic) bond motifs is 6. The fourth-order valence-corrected chi connectivity index (χ4v) is 5.91. The van der Waals surface area contributed by atoms with Crippen molar-refractivity contribution in [3.05, 3.63) is 152 Å². The van der Waals surface area contributed by atoms with Crippen molar-refractivity contribution in [2.45, 2.75) is 0 Å². The Hall–Kier alpha value is -5.85. The molecule has 0 aliphatic carbocycles. The van der Waals surface area contributed by atoms with Crippen LogP contribution in [0.3, 0.4) is 0 Å². The number of furan rings is 1. The molecule has 0 aliphatic rings. The molecule has 0 bridgehead atoms. The highest BCUT2D eigenvalue weighted by atomic mass is 16.3. The summed E-state index contributed by atoms with van der Waals surface area (Å²) >= 11 is 0. The highest BCUT2D eigenvalue weighted by Gasteiger charge is 2.16. The van der Waals surface area contributed by atoms with Gasteiger partial charge in [0.2, 0.25) is 0 Å². The van der Waals surface area contributed by atoms with E-state index >= 15 is 0 Å². The highest BCUT2D eigenvalue weighted by molar-refractivity contribution is 6.11. The second-order valence-corrected chi connectivity index (χ2v) is 10.1. The Morgan fingerprint density at radius 2 is 1.14 bits per heavy atom. The molecule has 0 amide bonds. The molecule has 42 heavy (non-hydrogen) atoms. The van der Waals surface area contributed by atoms with Gasteiger partial charge in [0.1, 0.15) is 11.2 Å². The number of benzene rings is 6. The Morgan fingerprint density at radius 1 is 0.500 bits per heavy atom. The molecule has 3 heteroatoms. The van der Waals surface area contributed by atoms with Gasteiger partial charge in [-0.05, 0) is 76.9 Å².